The van der Waals surface area contributed by atoms with E-state index < -0.39 is 53.5 Å². The number of alkyl halides is 17. The number of nitrogens with one attached hydrogen (secondary N) is 1. The van der Waals surface area contributed by atoms with Crippen molar-refractivity contribution >= 4 is 5.91 Å². The van der Waals surface area contributed by atoms with E-state index in [1.165, 1.54) is 0 Å². The predicted octanol–water partition coefficient (Wildman–Crippen LogP) is 5.26. The minimum Gasteiger partial charge on any atom is -0.328 e. The average molecular weight is 489 g/mol. The molecule has 0 aliphatic heterocycles. The number of hydrogen-bond acceptors (Lipinski definition) is 1. The van der Waals surface area contributed by atoms with Gasteiger partial charge in [0.2, 0.25) is 0 Å². The molecule has 0 saturated carbocycles. The Morgan fingerprint density at radius 3 is 1.07 bits per heavy atom. The molecule has 0 unspecified atom stereocenters. The molecule has 0 rings (SSSR count). The molecule has 1 amide bonds. The zero-order valence-corrected chi connectivity index (χ0v) is 13.1. The third-order valence-corrected chi connectivity index (χ3v) is 3.24. The van der Waals surface area contributed by atoms with Crippen LogP contribution in [0.3, 0.4) is 0 Å². The molecular weight excluding hydrogens is 485 g/mol. The Bertz CT molecular complexity index is 676. The molecule has 0 heterocycles. The highest BCUT2D eigenvalue weighted by Gasteiger charge is 2.95. The second-order valence-electron chi connectivity index (χ2n) is 5.20. The monoisotopic (exact) mass is 489 g/mol. The van der Waals surface area contributed by atoms with Gasteiger partial charge in [0.05, 0.1) is 0 Å². The number of halogens is 17. The number of hydrogen-bond donors (Lipinski definition) is 1. The van der Waals surface area contributed by atoms with Gasteiger partial charge in [-0.3, -0.25) is 4.79 Å². The van der Waals surface area contributed by atoms with Crippen molar-refractivity contribution in [2.75, 3.05) is 0 Å². The van der Waals surface area contributed by atoms with Crippen LogP contribution in [0.4, 0.5) is 74.6 Å². The van der Waals surface area contributed by atoms with E-state index in [4.69, 9.17) is 0 Å². The van der Waals surface area contributed by atoms with Crippen LogP contribution < -0.4 is 5.32 Å². The van der Waals surface area contributed by atoms with Gasteiger partial charge in [0.25, 0.3) is 0 Å². The van der Waals surface area contributed by atoms with E-state index in [0.717, 1.165) is 0 Å². The fourth-order valence-corrected chi connectivity index (χ4v) is 1.49. The van der Waals surface area contributed by atoms with Crippen LogP contribution in [0.15, 0.2) is 12.8 Å². The van der Waals surface area contributed by atoms with Gasteiger partial charge in [-0.2, -0.15) is 74.6 Å². The first-order chi connectivity index (χ1) is 12.7. The van der Waals surface area contributed by atoms with E-state index in [1.807, 2.05) is 0 Å². The molecule has 0 spiro atoms. The van der Waals surface area contributed by atoms with Crippen LogP contribution in [-0.2, 0) is 4.79 Å². The summed E-state index contributed by atoms with van der Waals surface area (Å²) in [5.74, 6) is -61.5. The molecule has 0 aliphatic carbocycles. The van der Waals surface area contributed by atoms with Crippen molar-refractivity contribution < 1.29 is 79.4 Å². The number of amides is 1. The molecule has 2 nitrogen and oxygen atoms in total. The Morgan fingerprint density at radius 2 is 0.800 bits per heavy atom. The lowest BCUT2D eigenvalue weighted by atomic mass is 9.89. The zero-order chi connectivity index (χ0) is 25.0. The molecule has 0 aromatic heterocycles. The molecule has 0 aromatic rings. The second-order valence-corrected chi connectivity index (χ2v) is 5.20. The van der Waals surface area contributed by atoms with E-state index in [0.29, 0.717) is 5.32 Å². The van der Waals surface area contributed by atoms with Crippen molar-refractivity contribution in [1.29, 1.82) is 0 Å². The Balaban J connectivity index is 6.77. The van der Waals surface area contributed by atoms with Crippen molar-refractivity contribution in [3.63, 3.8) is 0 Å². The third kappa shape index (κ3) is 3.32. The van der Waals surface area contributed by atoms with Crippen molar-refractivity contribution in [2.45, 2.75) is 47.6 Å². The number of carbonyl (C=O) groups excluding carboxylic acids is 1. The fourth-order valence-electron chi connectivity index (χ4n) is 1.49. The molecular formula is C11H4F17NO. The van der Waals surface area contributed by atoms with E-state index in [9.17, 15) is 79.4 Å². The van der Waals surface area contributed by atoms with Crippen molar-refractivity contribution in [3.8, 4) is 0 Å². The van der Waals surface area contributed by atoms with Gasteiger partial charge in [0, 0.05) is 0 Å². The SMILES string of the molecule is C=CNC(=O)C(F)(F)C(F)(F)C(F)(F)C(F)(F)C(F)(F)C(F)(F)C(F)(F)C(F)(F)F. The van der Waals surface area contributed by atoms with Crippen LogP contribution in [0.2, 0.25) is 0 Å². The van der Waals surface area contributed by atoms with Gasteiger partial charge in [-0.25, -0.2) is 0 Å². The normalized spacial score (nSPS) is 15.8. The van der Waals surface area contributed by atoms with Gasteiger partial charge >= 0.3 is 53.5 Å². The second kappa shape index (κ2) is 7.03. The Hall–Kier alpha value is -1.98. The molecule has 0 aromatic carbocycles. The lowest BCUT2D eigenvalue weighted by molar-refractivity contribution is -0.459. The molecule has 0 atom stereocenters. The zero-order valence-electron chi connectivity index (χ0n) is 13.1. The first-order valence-corrected chi connectivity index (χ1v) is 6.36. The van der Waals surface area contributed by atoms with Crippen LogP contribution in [-0.4, -0.2) is 53.5 Å². The maximum atomic E-state index is 13.3. The van der Waals surface area contributed by atoms with E-state index in [-0.39, 0.29) is 6.20 Å². The first-order valence-electron chi connectivity index (χ1n) is 6.36. The molecule has 178 valence electrons. The number of rotatable bonds is 8. The summed E-state index contributed by atoms with van der Waals surface area (Å²) in [6.07, 6.45) is -8.06. The summed E-state index contributed by atoms with van der Waals surface area (Å²) in [4.78, 5) is 10.6. The van der Waals surface area contributed by atoms with E-state index >= 15 is 0 Å². The van der Waals surface area contributed by atoms with Crippen LogP contribution in [0, 0.1) is 0 Å². The maximum Gasteiger partial charge on any atom is 0.460 e. The molecule has 0 saturated heterocycles. The topological polar surface area (TPSA) is 29.1 Å². The molecule has 0 fully saturated rings. The highest BCUT2D eigenvalue weighted by molar-refractivity contribution is 5.85. The van der Waals surface area contributed by atoms with Gasteiger partial charge in [-0.15, -0.1) is 0 Å². The predicted molar refractivity (Wildman–Crippen MR) is 59.0 cm³/mol. The van der Waals surface area contributed by atoms with Crippen molar-refractivity contribution in [1.82, 2.24) is 5.32 Å². The number of carbonyl (C=O) groups is 1. The van der Waals surface area contributed by atoms with Crippen LogP contribution in [0.25, 0.3) is 0 Å². The van der Waals surface area contributed by atoms with Crippen LogP contribution >= 0.6 is 0 Å². The third-order valence-electron chi connectivity index (χ3n) is 3.24. The lowest BCUT2D eigenvalue weighted by Gasteiger charge is -2.42. The highest BCUT2D eigenvalue weighted by atomic mass is 19.4. The molecule has 0 bridgehead atoms. The Morgan fingerprint density at radius 1 is 0.533 bits per heavy atom. The standard InChI is InChI=1S/C11H4F17NO/c1-2-29-3(30)4(12,13)5(14,15)6(16,17)7(18,19)8(20,21)9(22,23)10(24,25)11(26,27)28/h2H,1H2,(H,29,30). The van der Waals surface area contributed by atoms with E-state index in [2.05, 4.69) is 6.58 Å². The molecule has 1 N–H and O–H groups in total. The Labute approximate surface area is 152 Å². The quantitative estimate of drug-likeness (QED) is 0.464. The fraction of sp³-hybridized carbons (Fsp3) is 0.727. The van der Waals surface area contributed by atoms with E-state index in [1.54, 1.807) is 0 Å². The Kier molecular flexibility index (Phi) is 6.56. The van der Waals surface area contributed by atoms with Crippen LogP contribution in [0.5, 0.6) is 0 Å². The average Bonchev–Trinajstić information content (AvgIpc) is 2.52. The minimum atomic E-state index is -8.73. The summed E-state index contributed by atoms with van der Waals surface area (Å²) in [7, 11) is 0. The highest BCUT2D eigenvalue weighted by Crippen LogP contribution is 2.63. The molecule has 0 aliphatic rings. The molecule has 0 radical (unpaired) electrons. The maximum absolute atomic E-state index is 13.3. The van der Waals surface area contributed by atoms with Gasteiger partial charge < -0.3 is 5.32 Å². The minimum absolute atomic E-state index is 0.241. The molecule has 30 heavy (non-hydrogen) atoms. The van der Waals surface area contributed by atoms with Gasteiger partial charge in [-0.1, -0.05) is 6.58 Å². The van der Waals surface area contributed by atoms with Crippen LogP contribution in [0.1, 0.15) is 0 Å². The summed E-state index contributed by atoms with van der Waals surface area (Å²) in [5, 5.41) is 0.441. The lowest BCUT2D eigenvalue weighted by Crippen LogP contribution is -2.75. The van der Waals surface area contributed by atoms with Gasteiger partial charge in [-0.05, 0) is 6.20 Å². The van der Waals surface area contributed by atoms with Gasteiger partial charge in [0.1, 0.15) is 0 Å². The first kappa shape index (κ1) is 28.0. The van der Waals surface area contributed by atoms with Gasteiger partial charge in [0.15, 0.2) is 0 Å². The summed E-state index contributed by atoms with van der Waals surface area (Å²) < 4.78 is 218. The summed E-state index contributed by atoms with van der Waals surface area (Å²) >= 11 is 0. The summed E-state index contributed by atoms with van der Waals surface area (Å²) in [5.41, 5.74) is 0. The summed E-state index contributed by atoms with van der Waals surface area (Å²) in [6, 6.07) is 0. The molecule has 19 heteroatoms. The van der Waals surface area contributed by atoms with Crippen molar-refractivity contribution in [2.24, 2.45) is 0 Å². The summed E-state index contributed by atoms with van der Waals surface area (Å²) in [6.45, 7) is 2.37. The largest absolute Gasteiger partial charge is 0.460 e. The smallest absolute Gasteiger partial charge is 0.328 e. The van der Waals surface area contributed by atoms with Crippen molar-refractivity contribution in [3.05, 3.63) is 12.8 Å².